The maximum absolute atomic E-state index is 14.1. The Morgan fingerprint density at radius 2 is 1.29 bits per heavy atom. The van der Waals surface area contributed by atoms with Crippen LogP contribution in [0.25, 0.3) is 0 Å². The van der Waals surface area contributed by atoms with Gasteiger partial charge in [-0.2, -0.15) is 0 Å². The lowest BCUT2D eigenvalue weighted by molar-refractivity contribution is -0.145. The van der Waals surface area contributed by atoms with Gasteiger partial charge in [0, 0.05) is 0 Å². The van der Waals surface area contributed by atoms with Gasteiger partial charge in [-0.1, -0.05) is 97.1 Å². The van der Waals surface area contributed by atoms with Crippen molar-refractivity contribution in [2.75, 3.05) is 7.11 Å². The van der Waals surface area contributed by atoms with Gasteiger partial charge < -0.3 is 10.1 Å². The standard InChI is InChI=1S/C27H27NO3/c1-3-4-20-24(25(29)31-2)28-26(30)27(21-14-8-5-9-15-21,22-16-10-6-11-17-22)23-18-12-7-13-19-23/h3,5-19,24H,1,4,20H2,2H3,(H,28,30)/t24-/m0/s1. The molecule has 0 heterocycles. The number of hydrogen-bond donors (Lipinski definition) is 1. The van der Waals surface area contributed by atoms with E-state index in [2.05, 4.69) is 11.9 Å². The van der Waals surface area contributed by atoms with Gasteiger partial charge in [0.25, 0.3) is 0 Å². The first-order chi connectivity index (χ1) is 15.1. The van der Waals surface area contributed by atoms with Gasteiger partial charge in [0.2, 0.25) is 5.91 Å². The molecule has 1 amide bonds. The summed E-state index contributed by atoms with van der Waals surface area (Å²) in [5, 5.41) is 2.98. The van der Waals surface area contributed by atoms with Crippen molar-refractivity contribution < 1.29 is 14.3 Å². The van der Waals surface area contributed by atoms with Crippen LogP contribution in [0.3, 0.4) is 0 Å². The number of methoxy groups -OCH3 is 1. The van der Waals surface area contributed by atoms with Gasteiger partial charge in [-0.3, -0.25) is 4.79 Å². The van der Waals surface area contributed by atoms with Gasteiger partial charge in [-0.05, 0) is 29.5 Å². The third-order valence-corrected chi connectivity index (χ3v) is 5.41. The number of ether oxygens (including phenoxy) is 1. The summed E-state index contributed by atoms with van der Waals surface area (Å²) < 4.78 is 4.95. The van der Waals surface area contributed by atoms with E-state index in [1.807, 2.05) is 91.0 Å². The Morgan fingerprint density at radius 3 is 1.65 bits per heavy atom. The summed E-state index contributed by atoms with van der Waals surface area (Å²) in [4.78, 5) is 26.5. The second kappa shape index (κ2) is 10.4. The molecule has 0 aromatic heterocycles. The summed E-state index contributed by atoms with van der Waals surface area (Å²) in [5.41, 5.74) is 1.32. The number of amides is 1. The van der Waals surface area contributed by atoms with Crippen LogP contribution in [0.5, 0.6) is 0 Å². The molecule has 4 nitrogen and oxygen atoms in total. The van der Waals surface area contributed by atoms with Gasteiger partial charge in [-0.25, -0.2) is 4.79 Å². The Balaban J connectivity index is 2.21. The van der Waals surface area contributed by atoms with Crippen LogP contribution in [0.1, 0.15) is 29.5 Å². The van der Waals surface area contributed by atoms with E-state index in [9.17, 15) is 9.59 Å². The second-order valence-electron chi connectivity index (χ2n) is 7.26. The van der Waals surface area contributed by atoms with Crippen LogP contribution in [0.15, 0.2) is 104 Å². The third-order valence-electron chi connectivity index (χ3n) is 5.41. The molecular weight excluding hydrogens is 386 g/mol. The summed E-state index contributed by atoms with van der Waals surface area (Å²) in [5.74, 6) is -0.756. The number of nitrogens with one attached hydrogen (secondary N) is 1. The zero-order valence-corrected chi connectivity index (χ0v) is 17.7. The smallest absolute Gasteiger partial charge is 0.328 e. The fourth-order valence-corrected chi connectivity index (χ4v) is 3.90. The zero-order chi connectivity index (χ0) is 22.1. The van der Waals surface area contributed by atoms with E-state index < -0.39 is 17.4 Å². The second-order valence-corrected chi connectivity index (χ2v) is 7.26. The zero-order valence-electron chi connectivity index (χ0n) is 17.7. The largest absolute Gasteiger partial charge is 0.467 e. The van der Waals surface area contributed by atoms with E-state index in [1.165, 1.54) is 7.11 Å². The Morgan fingerprint density at radius 1 is 0.871 bits per heavy atom. The molecule has 0 aliphatic rings. The quantitative estimate of drug-likeness (QED) is 0.316. The van der Waals surface area contributed by atoms with Crippen LogP contribution in [-0.4, -0.2) is 25.0 Å². The van der Waals surface area contributed by atoms with Gasteiger partial charge in [-0.15, -0.1) is 6.58 Å². The molecule has 0 fully saturated rings. The molecule has 0 saturated carbocycles. The number of benzene rings is 3. The summed E-state index contributed by atoms with van der Waals surface area (Å²) >= 11 is 0. The first-order valence-electron chi connectivity index (χ1n) is 10.3. The highest BCUT2D eigenvalue weighted by atomic mass is 16.5. The normalized spacial score (nSPS) is 11.9. The van der Waals surface area contributed by atoms with Crippen molar-refractivity contribution >= 4 is 11.9 Å². The maximum Gasteiger partial charge on any atom is 0.328 e. The van der Waals surface area contributed by atoms with Crippen molar-refractivity contribution in [1.29, 1.82) is 0 Å². The molecule has 1 atom stereocenters. The minimum Gasteiger partial charge on any atom is -0.467 e. The number of allylic oxidation sites excluding steroid dienone is 1. The summed E-state index contributed by atoms with van der Waals surface area (Å²) in [6.07, 6.45) is 2.71. The van der Waals surface area contributed by atoms with E-state index >= 15 is 0 Å². The minimum atomic E-state index is -1.13. The molecule has 0 aliphatic heterocycles. The SMILES string of the molecule is C=CCC[C@H](NC(=O)C(c1ccccc1)(c1ccccc1)c1ccccc1)C(=O)OC. The Labute approximate surface area is 183 Å². The lowest BCUT2D eigenvalue weighted by atomic mass is 9.68. The molecule has 3 aromatic carbocycles. The molecule has 0 aliphatic carbocycles. The molecule has 0 saturated heterocycles. The highest BCUT2D eigenvalue weighted by Crippen LogP contribution is 2.39. The highest BCUT2D eigenvalue weighted by molar-refractivity contribution is 5.98. The number of carbonyl (C=O) groups excluding carboxylic acids is 2. The maximum atomic E-state index is 14.1. The Bertz CT molecular complexity index is 904. The van der Waals surface area contributed by atoms with Gasteiger partial charge >= 0.3 is 5.97 Å². The predicted octanol–water partition coefficient (Wildman–Crippen LogP) is 4.65. The molecule has 4 heteroatoms. The third kappa shape index (κ3) is 4.58. The van der Waals surface area contributed by atoms with E-state index in [0.29, 0.717) is 12.8 Å². The van der Waals surface area contributed by atoms with Crippen LogP contribution < -0.4 is 5.32 Å². The average Bonchev–Trinajstić information content (AvgIpc) is 2.84. The first kappa shape index (κ1) is 22.0. The highest BCUT2D eigenvalue weighted by Gasteiger charge is 2.44. The molecule has 158 valence electrons. The van der Waals surface area contributed by atoms with Gasteiger partial charge in [0.05, 0.1) is 7.11 Å². The van der Waals surface area contributed by atoms with E-state index in [1.54, 1.807) is 6.08 Å². The molecule has 0 unspecified atom stereocenters. The van der Waals surface area contributed by atoms with Crippen molar-refractivity contribution in [1.82, 2.24) is 5.32 Å². The molecule has 1 N–H and O–H groups in total. The number of carbonyl (C=O) groups is 2. The predicted molar refractivity (Wildman–Crippen MR) is 123 cm³/mol. The molecule has 0 radical (unpaired) electrons. The van der Waals surface area contributed by atoms with Crippen molar-refractivity contribution in [3.05, 3.63) is 120 Å². The van der Waals surface area contributed by atoms with Gasteiger partial charge in [0.1, 0.15) is 11.5 Å². The van der Waals surface area contributed by atoms with Crippen LogP contribution >= 0.6 is 0 Å². The molecule has 0 spiro atoms. The molecule has 3 rings (SSSR count). The van der Waals surface area contributed by atoms with Crippen molar-refractivity contribution in [3.63, 3.8) is 0 Å². The summed E-state index contributed by atoms with van der Waals surface area (Å²) in [6, 6.07) is 28.1. The summed E-state index contributed by atoms with van der Waals surface area (Å²) in [7, 11) is 1.33. The topological polar surface area (TPSA) is 55.4 Å². The van der Waals surface area contributed by atoms with Crippen LogP contribution in [-0.2, 0) is 19.7 Å². The Hall–Kier alpha value is -3.66. The van der Waals surface area contributed by atoms with Crippen LogP contribution in [0.2, 0.25) is 0 Å². The number of rotatable bonds is 9. The first-order valence-corrected chi connectivity index (χ1v) is 10.3. The average molecular weight is 414 g/mol. The van der Waals surface area contributed by atoms with Crippen molar-refractivity contribution in [2.24, 2.45) is 0 Å². The minimum absolute atomic E-state index is 0.282. The monoisotopic (exact) mass is 413 g/mol. The number of esters is 1. The fourth-order valence-electron chi connectivity index (χ4n) is 3.90. The Kier molecular flexibility index (Phi) is 7.39. The molecular formula is C27H27NO3. The van der Waals surface area contributed by atoms with Crippen LogP contribution in [0.4, 0.5) is 0 Å². The molecule has 0 bridgehead atoms. The van der Waals surface area contributed by atoms with E-state index in [4.69, 9.17) is 4.74 Å². The molecule has 31 heavy (non-hydrogen) atoms. The molecule has 3 aromatic rings. The number of hydrogen-bond acceptors (Lipinski definition) is 3. The lowest BCUT2D eigenvalue weighted by Crippen LogP contribution is -2.52. The fraction of sp³-hybridized carbons (Fsp3) is 0.185. The lowest BCUT2D eigenvalue weighted by Gasteiger charge is -2.35. The van der Waals surface area contributed by atoms with E-state index in [-0.39, 0.29) is 5.91 Å². The van der Waals surface area contributed by atoms with Crippen LogP contribution in [0, 0.1) is 0 Å². The van der Waals surface area contributed by atoms with Crippen molar-refractivity contribution in [3.8, 4) is 0 Å². The van der Waals surface area contributed by atoms with Crippen molar-refractivity contribution in [2.45, 2.75) is 24.3 Å². The van der Waals surface area contributed by atoms with E-state index in [0.717, 1.165) is 16.7 Å². The van der Waals surface area contributed by atoms with Gasteiger partial charge in [0.15, 0.2) is 0 Å². The summed E-state index contributed by atoms with van der Waals surface area (Å²) in [6.45, 7) is 3.72.